The molecule has 0 unspecified atom stereocenters. The number of unbranched alkanes of at least 4 members (excludes halogenated alkanes) is 2. The Balaban J connectivity index is 3.76. The number of allylic oxidation sites excluding steroid dienone is 3. The van der Waals surface area contributed by atoms with Crippen molar-refractivity contribution >= 4 is 8.07 Å². The topological polar surface area (TPSA) is 0 Å². The lowest BCUT2D eigenvalue weighted by atomic mass is 10.2. The Kier molecular flexibility index (Phi) is 7.46. The Morgan fingerprint density at radius 1 is 1.20 bits per heavy atom. The molecule has 0 bridgehead atoms. The zero-order valence-corrected chi connectivity index (χ0v) is 11.9. The first-order chi connectivity index (χ1) is 7.02. The van der Waals surface area contributed by atoms with Crippen LogP contribution in [0, 0.1) is 0 Å². The van der Waals surface area contributed by atoms with Crippen molar-refractivity contribution in [3.63, 3.8) is 0 Å². The van der Waals surface area contributed by atoms with Gasteiger partial charge in [0.2, 0.25) is 0 Å². The third kappa shape index (κ3) is 7.41. The summed E-state index contributed by atoms with van der Waals surface area (Å²) in [7, 11) is -1.14. The first-order valence-corrected chi connectivity index (χ1v) is 9.56. The molecule has 0 saturated carbocycles. The van der Waals surface area contributed by atoms with E-state index >= 15 is 0 Å². The lowest BCUT2D eigenvalue weighted by molar-refractivity contribution is 0.753. The van der Waals surface area contributed by atoms with Crippen LogP contribution in [-0.2, 0) is 0 Å². The summed E-state index contributed by atoms with van der Waals surface area (Å²) < 4.78 is 0. The molecule has 0 heterocycles. The van der Waals surface area contributed by atoms with Gasteiger partial charge in [0.25, 0.3) is 0 Å². The minimum atomic E-state index is -1.14. The smallest absolute Gasteiger partial charge is 0.0823 e. The van der Waals surface area contributed by atoms with E-state index in [1.54, 1.807) is 0 Å². The lowest BCUT2D eigenvalue weighted by Gasteiger charge is -2.18. The van der Waals surface area contributed by atoms with Crippen LogP contribution >= 0.6 is 0 Å². The molecule has 0 N–H and O–H groups in total. The summed E-state index contributed by atoms with van der Waals surface area (Å²) in [6, 6.07) is 0. The zero-order valence-electron chi connectivity index (χ0n) is 10.9. The Hall–Kier alpha value is -0.523. The van der Waals surface area contributed by atoms with Crippen LogP contribution in [0.5, 0.6) is 0 Å². The fraction of sp³-hybridized carbons (Fsp3) is 0.643. The van der Waals surface area contributed by atoms with Gasteiger partial charge < -0.3 is 0 Å². The van der Waals surface area contributed by atoms with Crippen molar-refractivity contribution in [2.45, 2.75) is 58.7 Å². The lowest BCUT2D eigenvalue weighted by Crippen LogP contribution is -2.23. The summed E-state index contributed by atoms with van der Waals surface area (Å²) in [6.45, 7) is 13.1. The molecular formula is C14H26Si. The monoisotopic (exact) mass is 222 g/mol. The van der Waals surface area contributed by atoms with Crippen molar-refractivity contribution in [2.24, 2.45) is 0 Å². The largest absolute Gasteiger partial charge is 0.134 e. The number of rotatable bonds is 7. The van der Waals surface area contributed by atoms with Gasteiger partial charge in [-0.1, -0.05) is 45.3 Å². The molecular weight excluding hydrogens is 196 g/mol. The van der Waals surface area contributed by atoms with E-state index < -0.39 is 8.07 Å². The highest BCUT2D eigenvalue weighted by Crippen LogP contribution is 2.19. The Bertz CT molecular complexity index is 237. The molecule has 0 aliphatic carbocycles. The molecule has 0 aromatic carbocycles. The van der Waals surface area contributed by atoms with Crippen LogP contribution in [0.25, 0.3) is 0 Å². The van der Waals surface area contributed by atoms with Crippen molar-refractivity contribution in [3.8, 4) is 0 Å². The molecule has 1 heteroatoms. The summed E-state index contributed by atoms with van der Waals surface area (Å²) in [6.07, 6.45) is 10.7. The average molecular weight is 222 g/mol. The second-order valence-electron chi connectivity index (χ2n) is 5.03. The van der Waals surface area contributed by atoms with E-state index in [2.05, 4.69) is 51.0 Å². The molecule has 15 heavy (non-hydrogen) atoms. The summed E-state index contributed by atoms with van der Waals surface area (Å²) in [4.78, 5) is 0. The standard InChI is InChI=1S/C14H26Si/c1-6-8-9-10-11-12-13-14(7-2)15(3,4)5/h8-9H,2,6,10-13H2,1,3-5H3/b9-8+. The molecule has 0 aromatic heterocycles. The summed E-state index contributed by atoms with van der Waals surface area (Å²) in [5, 5.41) is 1.50. The zero-order chi connectivity index (χ0) is 11.7. The van der Waals surface area contributed by atoms with Gasteiger partial charge in [-0.05, 0) is 37.3 Å². The Morgan fingerprint density at radius 2 is 1.87 bits per heavy atom. The van der Waals surface area contributed by atoms with Crippen molar-refractivity contribution in [2.75, 3.05) is 0 Å². The van der Waals surface area contributed by atoms with Gasteiger partial charge in [0, 0.05) is 0 Å². The number of hydrogen-bond donors (Lipinski definition) is 0. The molecule has 0 amide bonds. The maximum Gasteiger partial charge on any atom is 0.0823 e. The van der Waals surface area contributed by atoms with Crippen LogP contribution in [0.15, 0.2) is 29.7 Å². The molecule has 0 saturated heterocycles. The second kappa shape index (κ2) is 7.73. The number of hydrogen-bond acceptors (Lipinski definition) is 0. The first-order valence-electron chi connectivity index (χ1n) is 6.06. The predicted octanol–water partition coefficient (Wildman–Crippen LogP) is 5.10. The Labute approximate surface area is 96.8 Å². The highest BCUT2D eigenvalue weighted by molar-refractivity contribution is 6.83. The van der Waals surface area contributed by atoms with Crippen LogP contribution in [0.2, 0.25) is 19.6 Å². The van der Waals surface area contributed by atoms with E-state index in [0.717, 1.165) is 6.42 Å². The van der Waals surface area contributed by atoms with E-state index in [-0.39, 0.29) is 0 Å². The predicted molar refractivity (Wildman–Crippen MR) is 73.9 cm³/mol. The first kappa shape index (κ1) is 14.5. The Morgan fingerprint density at radius 3 is 2.33 bits per heavy atom. The fourth-order valence-electron chi connectivity index (χ4n) is 1.58. The minimum absolute atomic E-state index is 1.14. The van der Waals surface area contributed by atoms with Crippen molar-refractivity contribution in [1.82, 2.24) is 0 Å². The summed E-state index contributed by atoms with van der Waals surface area (Å²) in [5.41, 5.74) is 3.15. The quantitative estimate of drug-likeness (QED) is 0.243. The van der Waals surface area contributed by atoms with Crippen LogP contribution in [0.4, 0.5) is 0 Å². The van der Waals surface area contributed by atoms with Crippen molar-refractivity contribution in [3.05, 3.63) is 29.7 Å². The van der Waals surface area contributed by atoms with E-state index in [9.17, 15) is 0 Å². The molecule has 0 atom stereocenters. The summed E-state index contributed by atoms with van der Waals surface area (Å²) >= 11 is 0. The second-order valence-corrected chi connectivity index (χ2v) is 10.1. The third-order valence-corrected chi connectivity index (χ3v) is 4.81. The minimum Gasteiger partial charge on any atom is -0.134 e. The van der Waals surface area contributed by atoms with Gasteiger partial charge in [0.05, 0.1) is 8.07 Å². The molecule has 0 aliphatic heterocycles. The van der Waals surface area contributed by atoms with Gasteiger partial charge in [-0.3, -0.25) is 0 Å². The highest BCUT2D eigenvalue weighted by atomic mass is 28.3. The maximum atomic E-state index is 3.81. The SMILES string of the molecule is C=C=C(CCCC/C=C/CC)[Si](C)(C)C. The van der Waals surface area contributed by atoms with E-state index in [1.165, 1.54) is 30.9 Å². The highest BCUT2D eigenvalue weighted by Gasteiger charge is 2.18. The van der Waals surface area contributed by atoms with E-state index in [0.29, 0.717) is 0 Å². The molecule has 0 aromatic rings. The normalized spacial score (nSPS) is 11.7. The van der Waals surface area contributed by atoms with Crippen LogP contribution in [0.1, 0.15) is 39.0 Å². The van der Waals surface area contributed by atoms with Gasteiger partial charge in [-0.25, -0.2) is 0 Å². The van der Waals surface area contributed by atoms with Gasteiger partial charge in [-0.15, -0.1) is 5.73 Å². The third-order valence-electron chi connectivity index (χ3n) is 2.57. The summed E-state index contributed by atoms with van der Waals surface area (Å²) in [5.74, 6) is 0. The van der Waals surface area contributed by atoms with Crippen molar-refractivity contribution in [1.29, 1.82) is 0 Å². The van der Waals surface area contributed by atoms with Crippen LogP contribution < -0.4 is 0 Å². The van der Waals surface area contributed by atoms with E-state index in [1.807, 2.05) is 0 Å². The van der Waals surface area contributed by atoms with Crippen LogP contribution in [-0.4, -0.2) is 8.07 Å². The van der Waals surface area contributed by atoms with Gasteiger partial charge in [0.1, 0.15) is 0 Å². The maximum absolute atomic E-state index is 3.81. The molecule has 0 fully saturated rings. The van der Waals surface area contributed by atoms with Gasteiger partial charge in [0.15, 0.2) is 0 Å². The molecule has 0 aliphatic rings. The molecule has 0 spiro atoms. The molecule has 86 valence electrons. The van der Waals surface area contributed by atoms with Crippen molar-refractivity contribution < 1.29 is 0 Å². The van der Waals surface area contributed by atoms with Crippen LogP contribution in [0.3, 0.4) is 0 Å². The van der Waals surface area contributed by atoms with E-state index in [4.69, 9.17) is 0 Å². The average Bonchev–Trinajstić information content (AvgIpc) is 2.15. The fourth-order valence-corrected chi connectivity index (χ4v) is 3.03. The van der Waals surface area contributed by atoms with Gasteiger partial charge in [-0.2, -0.15) is 0 Å². The molecule has 0 nitrogen and oxygen atoms in total. The molecule has 0 rings (SSSR count). The molecule has 0 radical (unpaired) electrons. The van der Waals surface area contributed by atoms with Gasteiger partial charge >= 0.3 is 0 Å².